The predicted octanol–water partition coefficient (Wildman–Crippen LogP) is 2.49. The molecule has 1 aliphatic carbocycles. The van der Waals surface area contributed by atoms with Crippen LogP contribution in [-0.4, -0.2) is 27.4 Å². The fourth-order valence-electron chi connectivity index (χ4n) is 3.01. The van der Waals surface area contributed by atoms with E-state index in [0.717, 1.165) is 23.3 Å². The molecule has 0 radical (unpaired) electrons. The van der Waals surface area contributed by atoms with Gasteiger partial charge < -0.3 is 10.4 Å². The number of hydrogen-bond acceptors (Lipinski definition) is 3. The summed E-state index contributed by atoms with van der Waals surface area (Å²) in [5.74, 6) is -1.52. The lowest BCUT2D eigenvalue weighted by molar-refractivity contribution is -0.144. The van der Waals surface area contributed by atoms with Crippen molar-refractivity contribution in [3.63, 3.8) is 0 Å². The van der Waals surface area contributed by atoms with Crippen LogP contribution in [0.15, 0.2) is 29.2 Å². The maximum atomic E-state index is 12.4. The van der Waals surface area contributed by atoms with Crippen molar-refractivity contribution >= 4 is 22.7 Å². The number of carbonyl (C=O) groups excluding carboxylic acids is 1. The van der Waals surface area contributed by atoms with Crippen molar-refractivity contribution in [3.8, 4) is 0 Å². The van der Waals surface area contributed by atoms with E-state index in [1.807, 2.05) is 19.1 Å². The average Bonchev–Trinajstić information content (AvgIpc) is 2.54. The summed E-state index contributed by atoms with van der Waals surface area (Å²) in [4.78, 5) is 24.2. The molecule has 5 nitrogen and oxygen atoms in total. The first-order chi connectivity index (χ1) is 10.9. The molecule has 1 aromatic rings. The summed E-state index contributed by atoms with van der Waals surface area (Å²) < 4.78 is 11.4. The fourth-order valence-corrected chi connectivity index (χ4v) is 3.53. The molecule has 0 spiro atoms. The zero-order valence-corrected chi connectivity index (χ0v) is 14.3. The van der Waals surface area contributed by atoms with Crippen molar-refractivity contribution in [1.29, 1.82) is 0 Å². The summed E-state index contributed by atoms with van der Waals surface area (Å²) in [6.07, 6.45) is 4.23. The number of carbonyl (C=O) groups is 2. The fraction of sp³-hybridized carbons (Fsp3) is 0.529. The van der Waals surface area contributed by atoms with Gasteiger partial charge in [-0.2, -0.15) is 0 Å². The van der Waals surface area contributed by atoms with Crippen LogP contribution in [0.1, 0.15) is 44.2 Å². The highest BCUT2D eigenvalue weighted by atomic mass is 32.2. The lowest BCUT2D eigenvalue weighted by Crippen LogP contribution is -2.36. The zero-order chi connectivity index (χ0) is 17.0. The van der Waals surface area contributed by atoms with Crippen LogP contribution in [0.3, 0.4) is 0 Å². The summed E-state index contributed by atoms with van der Waals surface area (Å²) in [5, 5.41) is 12.1. The van der Waals surface area contributed by atoms with Crippen molar-refractivity contribution in [1.82, 2.24) is 5.32 Å². The third-order valence-electron chi connectivity index (χ3n) is 4.47. The van der Waals surface area contributed by atoms with E-state index in [-0.39, 0.29) is 17.9 Å². The number of hydrogen-bond donors (Lipinski definition) is 2. The Morgan fingerprint density at radius 3 is 2.39 bits per heavy atom. The van der Waals surface area contributed by atoms with Crippen LogP contribution in [-0.2, 0) is 20.4 Å². The van der Waals surface area contributed by atoms with Crippen LogP contribution < -0.4 is 5.32 Å². The van der Waals surface area contributed by atoms with Gasteiger partial charge in [-0.1, -0.05) is 18.6 Å². The van der Waals surface area contributed by atoms with Crippen molar-refractivity contribution in [2.75, 3.05) is 6.26 Å². The second-order valence-electron chi connectivity index (χ2n) is 6.15. The van der Waals surface area contributed by atoms with E-state index in [9.17, 15) is 13.8 Å². The SMILES string of the molecule is CC(NC(=O)C1CCCC(C(=O)O)C1)c1ccc(S(C)=O)cc1. The lowest BCUT2D eigenvalue weighted by Gasteiger charge is -2.27. The standard InChI is InChI=1S/C17H23NO4S/c1-11(12-6-8-15(9-7-12)23(2)22)18-16(19)13-4-3-5-14(10-13)17(20)21/h6-9,11,13-14H,3-5,10H2,1-2H3,(H,18,19)(H,20,21). The molecule has 1 saturated carbocycles. The van der Waals surface area contributed by atoms with Gasteiger partial charge in [-0.05, 0) is 43.9 Å². The average molecular weight is 337 g/mol. The maximum absolute atomic E-state index is 12.4. The minimum atomic E-state index is -1.02. The van der Waals surface area contributed by atoms with Crippen molar-refractivity contribution < 1.29 is 18.9 Å². The molecule has 0 bridgehead atoms. The summed E-state index contributed by atoms with van der Waals surface area (Å²) >= 11 is 0. The molecule has 126 valence electrons. The maximum Gasteiger partial charge on any atom is 0.306 e. The third-order valence-corrected chi connectivity index (χ3v) is 5.40. The second kappa shape index (κ2) is 7.73. The number of carboxylic acid groups (broad SMARTS) is 1. The normalized spacial score (nSPS) is 23.7. The number of rotatable bonds is 5. The van der Waals surface area contributed by atoms with E-state index in [0.29, 0.717) is 12.8 Å². The van der Waals surface area contributed by atoms with Crippen molar-refractivity contribution in [2.24, 2.45) is 11.8 Å². The molecule has 1 aromatic carbocycles. The van der Waals surface area contributed by atoms with Gasteiger partial charge in [-0.3, -0.25) is 13.8 Å². The van der Waals surface area contributed by atoms with Crippen LogP contribution in [0.2, 0.25) is 0 Å². The molecule has 1 fully saturated rings. The molecule has 1 amide bonds. The predicted molar refractivity (Wildman–Crippen MR) is 88.4 cm³/mol. The highest BCUT2D eigenvalue weighted by molar-refractivity contribution is 7.84. The molecule has 0 heterocycles. The van der Waals surface area contributed by atoms with E-state index in [2.05, 4.69) is 5.32 Å². The van der Waals surface area contributed by atoms with Crippen molar-refractivity contribution in [2.45, 2.75) is 43.5 Å². The van der Waals surface area contributed by atoms with Gasteiger partial charge in [0.05, 0.1) is 12.0 Å². The number of nitrogens with one attached hydrogen (secondary N) is 1. The Kier molecular flexibility index (Phi) is 5.93. The molecule has 4 unspecified atom stereocenters. The minimum absolute atomic E-state index is 0.0772. The molecule has 1 aliphatic rings. The number of amides is 1. The summed E-state index contributed by atoms with van der Waals surface area (Å²) in [7, 11) is -1.02. The quantitative estimate of drug-likeness (QED) is 0.865. The number of carboxylic acids is 1. The smallest absolute Gasteiger partial charge is 0.306 e. The Labute approximate surface area is 138 Å². The molecule has 23 heavy (non-hydrogen) atoms. The Morgan fingerprint density at radius 2 is 1.83 bits per heavy atom. The molecule has 6 heteroatoms. The van der Waals surface area contributed by atoms with Gasteiger partial charge in [0, 0.05) is 27.9 Å². The second-order valence-corrected chi connectivity index (χ2v) is 7.53. The molecular weight excluding hydrogens is 314 g/mol. The first-order valence-electron chi connectivity index (χ1n) is 7.85. The summed E-state index contributed by atoms with van der Waals surface area (Å²) in [5.41, 5.74) is 0.943. The van der Waals surface area contributed by atoms with Gasteiger partial charge in [-0.15, -0.1) is 0 Å². The van der Waals surface area contributed by atoms with Gasteiger partial charge in [0.25, 0.3) is 0 Å². The lowest BCUT2D eigenvalue weighted by atomic mass is 9.81. The largest absolute Gasteiger partial charge is 0.481 e. The van der Waals surface area contributed by atoms with Crippen LogP contribution >= 0.6 is 0 Å². The highest BCUT2D eigenvalue weighted by Crippen LogP contribution is 2.30. The van der Waals surface area contributed by atoms with Gasteiger partial charge in [0.1, 0.15) is 0 Å². The van der Waals surface area contributed by atoms with E-state index in [4.69, 9.17) is 5.11 Å². The van der Waals surface area contributed by atoms with Crippen LogP contribution in [0.5, 0.6) is 0 Å². The van der Waals surface area contributed by atoms with E-state index in [1.54, 1.807) is 18.4 Å². The number of aliphatic carboxylic acids is 1. The molecule has 4 atom stereocenters. The first-order valence-corrected chi connectivity index (χ1v) is 9.41. The zero-order valence-electron chi connectivity index (χ0n) is 13.5. The van der Waals surface area contributed by atoms with Crippen LogP contribution in [0.25, 0.3) is 0 Å². The van der Waals surface area contributed by atoms with E-state index >= 15 is 0 Å². The first kappa shape index (κ1) is 17.7. The van der Waals surface area contributed by atoms with E-state index in [1.165, 1.54) is 0 Å². The molecule has 2 N–H and O–H groups in total. The summed E-state index contributed by atoms with van der Waals surface area (Å²) in [6.45, 7) is 1.90. The Bertz CT molecular complexity index is 599. The van der Waals surface area contributed by atoms with Crippen molar-refractivity contribution in [3.05, 3.63) is 29.8 Å². The highest BCUT2D eigenvalue weighted by Gasteiger charge is 2.31. The topological polar surface area (TPSA) is 83.5 Å². The minimum Gasteiger partial charge on any atom is -0.481 e. The number of benzene rings is 1. The summed E-state index contributed by atoms with van der Waals surface area (Å²) in [6, 6.07) is 7.17. The third kappa shape index (κ3) is 4.64. The van der Waals surface area contributed by atoms with Gasteiger partial charge in [0.2, 0.25) is 5.91 Å². The molecule has 0 aromatic heterocycles. The van der Waals surface area contributed by atoms with Crippen LogP contribution in [0.4, 0.5) is 0 Å². The molecule has 0 aliphatic heterocycles. The Balaban J connectivity index is 1.96. The van der Waals surface area contributed by atoms with E-state index < -0.39 is 22.7 Å². The Morgan fingerprint density at radius 1 is 1.22 bits per heavy atom. The van der Waals surface area contributed by atoms with Crippen LogP contribution in [0, 0.1) is 11.8 Å². The molecule has 2 rings (SSSR count). The van der Waals surface area contributed by atoms with Gasteiger partial charge >= 0.3 is 5.97 Å². The molecule has 0 saturated heterocycles. The Hall–Kier alpha value is -1.69. The van der Waals surface area contributed by atoms with Gasteiger partial charge in [0.15, 0.2) is 0 Å². The monoisotopic (exact) mass is 337 g/mol. The molecular formula is C17H23NO4S. The van der Waals surface area contributed by atoms with Gasteiger partial charge in [-0.25, -0.2) is 0 Å².